The average Bonchev–Trinajstić information content (AvgIpc) is 2.72. The molecule has 10 heteroatoms. The summed E-state index contributed by atoms with van der Waals surface area (Å²) in [5, 5.41) is 7.74. The van der Waals surface area contributed by atoms with Gasteiger partial charge in [0.1, 0.15) is 12.2 Å². The van der Waals surface area contributed by atoms with Gasteiger partial charge in [0.2, 0.25) is 5.91 Å². The minimum absolute atomic E-state index is 0.0939. The summed E-state index contributed by atoms with van der Waals surface area (Å²) in [5.41, 5.74) is -1.39. The maximum absolute atomic E-state index is 12.7. The fourth-order valence-corrected chi connectivity index (χ4v) is 2.92. The van der Waals surface area contributed by atoms with Crippen LogP contribution in [0.4, 0.5) is 9.59 Å². The van der Waals surface area contributed by atoms with Crippen molar-refractivity contribution in [2.45, 2.75) is 65.2 Å². The van der Waals surface area contributed by atoms with E-state index in [1.54, 1.807) is 27.7 Å². The second kappa shape index (κ2) is 13.3. The van der Waals surface area contributed by atoms with Crippen molar-refractivity contribution < 1.29 is 33.4 Å². The van der Waals surface area contributed by atoms with E-state index in [0.29, 0.717) is 6.42 Å². The van der Waals surface area contributed by atoms with Crippen molar-refractivity contribution in [2.24, 2.45) is 0 Å². The normalized spacial score (nSPS) is 12.6. The Balaban J connectivity index is 2.71. The predicted octanol–water partition coefficient (Wildman–Crippen LogP) is 2.66. The monoisotopic (exact) mass is 465 g/mol. The molecule has 0 saturated heterocycles. The third kappa shape index (κ3) is 11.2. The van der Waals surface area contributed by atoms with Crippen LogP contribution in [0.1, 0.15) is 53.0 Å². The lowest BCUT2D eigenvalue weighted by Crippen LogP contribution is -2.61. The first-order chi connectivity index (χ1) is 15.5. The molecule has 0 heterocycles. The number of carbonyl (C=O) groups is 4. The highest BCUT2D eigenvalue weighted by molar-refractivity contribution is 5.88. The molecule has 0 saturated carbocycles. The lowest BCUT2D eigenvalue weighted by atomic mass is 9.92. The van der Waals surface area contributed by atoms with Crippen LogP contribution in [0.3, 0.4) is 0 Å². The van der Waals surface area contributed by atoms with E-state index in [-0.39, 0.29) is 32.7 Å². The summed E-state index contributed by atoms with van der Waals surface area (Å²) in [6, 6.07) is 9.24. The first-order valence-corrected chi connectivity index (χ1v) is 10.8. The first kappa shape index (κ1) is 27.7. The van der Waals surface area contributed by atoms with Crippen LogP contribution in [0.25, 0.3) is 0 Å². The molecular formula is C23H35N3O7. The van der Waals surface area contributed by atoms with Gasteiger partial charge in [0.05, 0.1) is 13.2 Å². The van der Waals surface area contributed by atoms with Gasteiger partial charge in [-0.1, -0.05) is 30.3 Å². The van der Waals surface area contributed by atoms with Crippen molar-refractivity contribution in [1.29, 1.82) is 0 Å². The Bertz CT molecular complexity index is 793. The second-order valence-corrected chi connectivity index (χ2v) is 8.43. The molecule has 0 aliphatic heterocycles. The summed E-state index contributed by atoms with van der Waals surface area (Å²) < 4.78 is 15.5. The van der Waals surface area contributed by atoms with Crippen LogP contribution < -0.4 is 16.0 Å². The molecule has 0 spiro atoms. The molecule has 184 valence electrons. The molecule has 1 unspecified atom stereocenters. The Kier molecular flexibility index (Phi) is 11.2. The van der Waals surface area contributed by atoms with E-state index in [2.05, 4.69) is 16.0 Å². The molecule has 1 aromatic rings. The zero-order valence-corrected chi connectivity index (χ0v) is 20.0. The Morgan fingerprint density at radius 3 is 2.18 bits per heavy atom. The number of nitrogens with one attached hydrogen (secondary N) is 3. The van der Waals surface area contributed by atoms with Crippen LogP contribution in [0.5, 0.6) is 0 Å². The molecule has 1 rings (SSSR count). The van der Waals surface area contributed by atoms with Crippen molar-refractivity contribution in [1.82, 2.24) is 16.0 Å². The third-order valence-electron chi connectivity index (χ3n) is 4.28. The van der Waals surface area contributed by atoms with E-state index >= 15 is 0 Å². The van der Waals surface area contributed by atoms with E-state index in [1.807, 2.05) is 30.3 Å². The maximum Gasteiger partial charge on any atom is 0.407 e. The van der Waals surface area contributed by atoms with Crippen LogP contribution >= 0.6 is 0 Å². The standard InChI is InChI=1S/C23H35N3O7/c1-6-31-19(28)23(26-17(2)27,16-25-21(30)33-22(3,4)5)13-10-14-24-20(29)32-15-18-11-8-7-9-12-18/h7-9,11-12H,6,10,13-16H2,1-5H3,(H,24,29)(H,25,30)(H,26,27). The van der Waals surface area contributed by atoms with Crippen molar-refractivity contribution in [3.05, 3.63) is 35.9 Å². The highest BCUT2D eigenvalue weighted by atomic mass is 16.6. The van der Waals surface area contributed by atoms with Gasteiger partial charge >= 0.3 is 18.2 Å². The van der Waals surface area contributed by atoms with Gasteiger partial charge in [0.15, 0.2) is 5.54 Å². The number of amides is 3. The molecular weight excluding hydrogens is 430 g/mol. The quantitative estimate of drug-likeness (QED) is 0.260. The Morgan fingerprint density at radius 2 is 1.61 bits per heavy atom. The molecule has 33 heavy (non-hydrogen) atoms. The van der Waals surface area contributed by atoms with Crippen molar-refractivity contribution in [3.63, 3.8) is 0 Å². The summed E-state index contributed by atoms with van der Waals surface area (Å²) in [6.07, 6.45) is -0.938. The molecule has 0 fully saturated rings. The summed E-state index contributed by atoms with van der Waals surface area (Å²) in [6.45, 7) is 8.20. The maximum atomic E-state index is 12.7. The molecule has 1 aromatic carbocycles. The van der Waals surface area contributed by atoms with Crippen LogP contribution in [0, 0.1) is 0 Å². The number of rotatable bonds is 11. The number of benzene rings is 1. The molecule has 1 atom stereocenters. The molecule has 3 N–H and O–H groups in total. The molecule has 0 radical (unpaired) electrons. The summed E-state index contributed by atoms with van der Waals surface area (Å²) in [7, 11) is 0. The summed E-state index contributed by atoms with van der Waals surface area (Å²) in [5.74, 6) is -1.16. The predicted molar refractivity (Wildman–Crippen MR) is 121 cm³/mol. The number of esters is 1. The fraction of sp³-hybridized carbons (Fsp3) is 0.565. The minimum atomic E-state index is -1.52. The molecule has 0 aromatic heterocycles. The first-order valence-electron chi connectivity index (χ1n) is 10.8. The molecule has 0 bridgehead atoms. The summed E-state index contributed by atoms with van der Waals surface area (Å²) in [4.78, 5) is 48.6. The van der Waals surface area contributed by atoms with Gasteiger partial charge in [0.25, 0.3) is 0 Å². The lowest BCUT2D eigenvalue weighted by Gasteiger charge is -2.32. The van der Waals surface area contributed by atoms with Crippen LogP contribution in [0.2, 0.25) is 0 Å². The van der Waals surface area contributed by atoms with Gasteiger partial charge in [0, 0.05) is 13.5 Å². The van der Waals surface area contributed by atoms with Crippen molar-refractivity contribution >= 4 is 24.1 Å². The lowest BCUT2D eigenvalue weighted by molar-refractivity contribution is -0.153. The number of alkyl carbamates (subject to hydrolysis) is 2. The van der Waals surface area contributed by atoms with E-state index < -0.39 is 35.2 Å². The zero-order chi connectivity index (χ0) is 24.9. The van der Waals surface area contributed by atoms with Crippen LogP contribution in [-0.4, -0.2) is 54.9 Å². The van der Waals surface area contributed by atoms with Crippen molar-refractivity contribution in [3.8, 4) is 0 Å². The van der Waals surface area contributed by atoms with Crippen molar-refractivity contribution in [2.75, 3.05) is 19.7 Å². The Morgan fingerprint density at radius 1 is 0.939 bits per heavy atom. The van der Waals surface area contributed by atoms with Crippen LogP contribution in [0.15, 0.2) is 30.3 Å². The van der Waals surface area contributed by atoms with Crippen LogP contribution in [-0.2, 0) is 30.4 Å². The van der Waals surface area contributed by atoms with Gasteiger partial charge in [-0.15, -0.1) is 0 Å². The SMILES string of the molecule is CCOC(=O)C(CCCNC(=O)OCc1ccccc1)(CNC(=O)OC(C)(C)C)NC(C)=O. The van der Waals surface area contributed by atoms with Gasteiger partial charge in [-0.2, -0.15) is 0 Å². The second-order valence-electron chi connectivity index (χ2n) is 8.43. The van der Waals surface area contributed by atoms with E-state index in [1.165, 1.54) is 6.92 Å². The average molecular weight is 466 g/mol. The Labute approximate surface area is 194 Å². The smallest absolute Gasteiger partial charge is 0.407 e. The summed E-state index contributed by atoms with van der Waals surface area (Å²) >= 11 is 0. The topological polar surface area (TPSA) is 132 Å². The number of carbonyl (C=O) groups excluding carboxylic acids is 4. The molecule has 10 nitrogen and oxygen atoms in total. The molecule has 0 aliphatic rings. The number of ether oxygens (including phenoxy) is 3. The zero-order valence-electron chi connectivity index (χ0n) is 20.0. The number of hydrogen-bond acceptors (Lipinski definition) is 7. The highest BCUT2D eigenvalue weighted by Crippen LogP contribution is 2.16. The van der Waals surface area contributed by atoms with E-state index in [4.69, 9.17) is 14.2 Å². The molecule has 0 aliphatic carbocycles. The molecule has 3 amide bonds. The van der Waals surface area contributed by atoms with Gasteiger partial charge < -0.3 is 30.2 Å². The number of hydrogen-bond donors (Lipinski definition) is 3. The van der Waals surface area contributed by atoms with E-state index in [0.717, 1.165) is 5.56 Å². The minimum Gasteiger partial charge on any atom is -0.464 e. The highest BCUT2D eigenvalue weighted by Gasteiger charge is 2.41. The van der Waals surface area contributed by atoms with Gasteiger partial charge in [-0.3, -0.25) is 4.79 Å². The van der Waals surface area contributed by atoms with Gasteiger partial charge in [-0.25, -0.2) is 14.4 Å². The Hall–Kier alpha value is -3.30. The fourth-order valence-electron chi connectivity index (χ4n) is 2.92. The van der Waals surface area contributed by atoms with E-state index in [9.17, 15) is 19.2 Å². The largest absolute Gasteiger partial charge is 0.464 e. The van der Waals surface area contributed by atoms with Gasteiger partial charge in [-0.05, 0) is 46.1 Å². The third-order valence-corrected chi connectivity index (χ3v) is 4.28.